The lowest BCUT2D eigenvalue weighted by Gasteiger charge is -2.31. The van der Waals surface area contributed by atoms with Crippen LogP contribution in [0.2, 0.25) is 5.02 Å². The Bertz CT molecular complexity index is 4980. The molecule has 0 saturated carbocycles. The molecule has 39 heteroatoms. The van der Waals surface area contributed by atoms with Crippen molar-refractivity contribution in [3.05, 3.63) is 173 Å². The Morgan fingerprint density at radius 2 is 1.08 bits per heavy atom. The van der Waals surface area contributed by atoms with Crippen LogP contribution in [0.5, 0.6) is 0 Å². The molecule has 5 aromatic carbocycles. The third-order valence-corrected chi connectivity index (χ3v) is 24.2. The van der Waals surface area contributed by atoms with Gasteiger partial charge in [-0.25, -0.2) is 14.4 Å². The van der Waals surface area contributed by atoms with E-state index in [1.807, 2.05) is 50.2 Å². The largest absolute Gasteiger partial charge is 0.394 e. The van der Waals surface area contributed by atoms with Crippen molar-refractivity contribution in [2.75, 3.05) is 36.1 Å². The molecule has 14 atom stereocenters. The van der Waals surface area contributed by atoms with Gasteiger partial charge in [-0.3, -0.25) is 72.6 Å². The third-order valence-electron chi connectivity index (χ3n) is 22.5. The van der Waals surface area contributed by atoms with Gasteiger partial charge in [-0.2, -0.15) is 11.8 Å². The first kappa shape index (κ1) is 98.4. The number of imide groups is 1. The summed E-state index contributed by atoms with van der Waals surface area (Å²) in [6.07, 6.45) is 5.08. The van der Waals surface area contributed by atoms with Crippen LogP contribution in [0.15, 0.2) is 140 Å². The number of aliphatic hydroxyl groups excluding tert-OH is 1. The number of hydrogen-bond acceptors (Lipinski definition) is 20. The van der Waals surface area contributed by atoms with E-state index in [1.165, 1.54) is 48.5 Å². The molecule has 5 heterocycles. The summed E-state index contributed by atoms with van der Waals surface area (Å²) in [5, 5.41) is 57.0. The number of hydrogen-bond donors (Lipinski definition) is 19. The highest BCUT2D eigenvalue weighted by molar-refractivity contribution is 8.00. The first-order valence-electron chi connectivity index (χ1n) is 43.3. The molecule has 690 valence electrons. The number of rotatable bonds is 46. The number of likely N-dealkylation sites (tertiary alicyclic amines) is 1. The normalized spacial score (nSPS) is 18.4. The van der Waals surface area contributed by atoms with E-state index in [0.29, 0.717) is 65.2 Å². The van der Waals surface area contributed by atoms with Crippen LogP contribution in [0.4, 0.5) is 25.8 Å². The van der Waals surface area contributed by atoms with E-state index in [9.17, 15) is 53.1 Å². The molecule has 6 aromatic rings. The highest BCUT2D eigenvalue weighted by Gasteiger charge is 2.44. The number of nitrogens with two attached hydrogens (primary N) is 2. The molecule has 37 nitrogen and oxygen atoms in total. The van der Waals surface area contributed by atoms with Crippen LogP contribution in [0, 0.1) is 5.92 Å². The quantitative estimate of drug-likeness (QED) is 0.0192. The summed E-state index contributed by atoms with van der Waals surface area (Å²) in [4.78, 5) is 228. The van der Waals surface area contributed by atoms with Gasteiger partial charge in [0, 0.05) is 90.9 Å². The van der Waals surface area contributed by atoms with Crippen molar-refractivity contribution < 1.29 is 81.8 Å². The van der Waals surface area contributed by atoms with Gasteiger partial charge in [-0.15, -0.1) is 0 Å². The van der Waals surface area contributed by atoms with Crippen molar-refractivity contribution in [1.29, 1.82) is 0 Å². The van der Waals surface area contributed by atoms with Crippen LogP contribution >= 0.6 is 23.4 Å². The fourth-order valence-electron chi connectivity index (χ4n) is 15.7. The molecule has 19 amide bonds. The van der Waals surface area contributed by atoms with Crippen LogP contribution in [0.1, 0.15) is 133 Å². The number of pyridine rings is 1. The average molecular weight is 1820 g/mol. The molecule has 1 unspecified atom stereocenters. The third kappa shape index (κ3) is 30.2. The van der Waals surface area contributed by atoms with Crippen molar-refractivity contribution in [1.82, 2.24) is 84.3 Å². The zero-order valence-electron chi connectivity index (χ0n) is 72.5. The number of anilines is 2. The number of urea groups is 3. The fourth-order valence-corrected chi connectivity index (χ4v) is 17.3. The van der Waals surface area contributed by atoms with Gasteiger partial charge < -0.3 is 101 Å². The monoisotopic (exact) mass is 1810 g/mol. The molecular weight excluding hydrogens is 1700 g/mol. The van der Waals surface area contributed by atoms with Crippen LogP contribution in [0.3, 0.4) is 0 Å². The lowest BCUT2D eigenvalue weighted by molar-refractivity contribution is -0.142. The maximum atomic E-state index is 15.7. The second-order valence-corrected chi connectivity index (χ2v) is 35.2. The maximum absolute atomic E-state index is 15.7. The van der Waals surface area contributed by atoms with E-state index in [-0.39, 0.29) is 117 Å². The Hall–Kier alpha value is -12.8. The number of aromatic nitrogens is 1. The van der Waals surface area contributed by atoms with E-state index < -0.39 is 162 Å². The molecular formula is C90H115ClN20O17S. The molecule has 4 aliphatic heterocycles. The summed E-state index contributed by atoms with van der Waals surface area (Å²) in [5.74, 6) is -10.1. The van der Waals surface area contributed by atoms with Crippen molar-refractivity contribution in [2.24, 2.45) is 17.4 Å². The molecule has 21 N–H and O–H groups in total. The van der Waals surface area contributed by atoms with Crippen LogP contribution in [0.25, 0.3) is 10.8 Å². The SMILES string of the molecule is CC(C)C[C@H](NC(=O)[C@@H](Cc1ccc(NC(=O)CCCC[C@H]2SC[C@H]3NC(=O)N[C@H]32)cc1)NC(=O)[C@H](Cc1ccc(NC(=O)C2CC(=O)NC(=O)N2)cc1)NC(=O)[C@H](CO)NC(=O)[C@@H](Cc1cccnc1)NC(=O)[C@@H](Cc1ccc(Cl)cc1)NC(=O)[C@@H](Cc1ccc2ccccc2c1)NC(N)=O)C(=O)N[C@@H](CCCCNC(C)C)C(=O)N1CCC[C@H]1C(=O)N[C@H](C)C(N)=O. The highest BCUT2D eigenvalue weighted by atomic mass is 35.5. The van der Waals surface area contributed by atoms with Crippen molar-refractivity contribution in [3.63, 3.8) is 0 Å². The Kier molecular flexibility index (Phi) is 36.5. The first-order chi connectivity index (χ1) is 61.7. The van der Waals surface area contributed by atoms with Crippen molar-refractivity contribution >= 4 is 140 Å². The van der Waals surface area contributed by atoms with Gasteiger partial charge in [0.15, 0.2) is 0 Å². The number of nitrogens with one attached hydrogen (secondary N) is 16. The number of fused-ring (bicyclic) bond motifs is 2. The Morgan fingerprint density at radius 1 is 0.543 bits per heavy atom. The lowest BCUT2D eigenvalue weighted by Crippen LogP contribution is -2.62. The van der Waals surface area contributed by atoms with Crippen LogP contribution < -0.4 is 96.5 Å². The van der Waals surface area contributed by atoms with E-state index in [4.69, 9.17) is 23.1 Å². The molecule has 1 aromatic heterocycles. The van der Waals surface area contributed by atoms with E-state index >= 15 is 28.8 Å². The number of aliphatic hydroxyl groups is 1. The summed E-state index contributed by atoms with van der Waals surface area (Å²) in [6, 6.07) is 16.9. The topological polar surface area (TPSA) is 554 Å². The zero-order chi connectivity index (χ0) is 93.0. The summed E-state index contributed by atoms with van der Waals surface area (Å²) in [7, 11) is 0. The Labute approximate surface area is 755 Å². The van der Waals surface area contributed by atoms with Gasteiger partial charge in [0.25, 0.3) is 0 Å². The first-order valence-corrected chi connectivity index (χ1v) is 44.8. The molecule has 4 fully saturated rings. The number of nitrogens with zero attached hydrogens (tertiary/aromatic N) is 2. The molecule has 129 heavy (non-hydrogen) atoms. The minimum atomic E-state index is -1.94. The predicted octanol–water partition coefficient (Wildman–Crippen LogP) is 2.22. The van der Waals surface area contributed by atoms with Crippen LogP contribution in [-0.4, -0.2) is 225 Å². The Balaban J connectivity index is 0.937. The van der Waals surface area contributed by atoms with Gasteiger partial charge >= 0.3 is 18.1 Å². The fraction of sp³-hybridized carbons (Fsp3) is 0.456. The van der Waals surface area contributed by atoms with E-state index in [0.717, 1.165) is 29.4 Å². The molecule has 0 bridgehead atoms. The van der Waals surface area contributed by atoms with E-state index in [2.05, 4.69) is 90.1 Å². The summed E-state index contributed by atoms with van der Waals surface area (Å²) in [5.41, 5.74) is 13.9. The molecule has 10 rings (SSSR count). The summed E-state index contributed by atoms with van der Waals surface area (Å²) in [6.45, 7) is 8.50. The lowest BCUT2D eigenvalue weighted by atomic mass is 9.99. The number of halogens is 1. The minimum absolute atomic E-state index is 0.00959. The average Bonchev–Trinajstić information content (AvgIpc) is 1.63. The number of primary amides is 2. The van der Waals surface area contributed by atoms with Gasteiger partial charge in [0.2, 0.25) is 76.8 Å². The zero-order valence-corrected chi connectivity index (χ0v) is 74.0. The number of unbranched alkanes of at least 4 members (excludes halogenated alkanes) is 2. The van der Waals surface area contributed by atoms with Crippen molar-refractivity contribution in [3.8, 4) is 0 Å². The predicted molar refractivity (Wildman–Crippen MR) is 482 cm³/mol. The van der Waals surface area contributed by atoms with Gasteiger partial charge in [-0.1, -0.05) is 131 Å². The highest BCUT2D eigenvalue weighted by Crippen LogP contribution is 2.34. The number of carbonyl (C=O) groups excluding carboxylic acids is 16. The van der Waals surface area contributed by atoms with E-state index in [1.54, 1.807) is 92.3 Å². The Morgan fingerprint density at radius 3 is 1.64 bits per heavy atom. The minimum Gasteiger partial charge on any atom is -0.394 e. The number of carbonyl (C=O) groups is 16. The molecule has 4 saturated heterocycles. The smallest absolute Gasteiger partial charge is 0.322 e. The van der Waals surface area contributed by atoms with Crippen LogP contribution in [-0.2, 0) is 94.4 Å². The number of benzene rings is 5. The number of thioether (sulfide) groups is 1. The summed E-state index contributed by atoms with van der Waals surface area (Å²) >= 11 is 8.06. The standard InChI is InChI=1S/C90H115ClN20O17S/c1-49(2)38-63(79(117)99-62(17-10-11-36-95-50(3)4)87(125)111-37-13-18-72(111)86(124)96-51(5)77(92)115)100-80(118)65(41-53-24-31-60(32-25-53)97-74(113)20-9-8-19-73-76-71(48-129-73)108-90(128)110-76)101-82(120)66(42-54-26-33-61(34-27-54)98-78(116)69-45-75(114)109-89(127)107-69)104-85(123)70(47-112)105-83(121)67(44-56-14-12-35-94-46-56)103-81(119)64(40-52-22-29-59(91)30-23-52)102-84(122)68(106-88(93)126)43-55-21-28-57-15-6-7-16-58(57)39-55/h6-7,12,14-16,21-35,39,46,49-51,62-73,76,95,112H,8-11,13,17-20,36-38,40-45,47-48H2,1-5H3,(H2,92,115)(H,96,124)(H,97,113)(H,98,116)(H,99,117)(H,100,118)(H,101,120)(H,102,122)(H,103,119)(H,104,123)(H,105,121)(H3,93,106,126)(H2,108,110,128)(H2,107,109,114,127)/t51-,62+,63+,64-,65-,66+,67-,68-,69?,70+,71-,72+,73-,76-/m1/s1. The second-order valence-electron chi connectivity index (χ2n) is 33.5. The number of amides is 19. The molecule has 0 aliphatic carbocycles. The van der Waals surface area contributed by atoms with Gasteiger partial charge in [0.1, 0.15) is 66.5 Å². The van der Waals surface area contributed by atoms with Crippen molar-refractivity contribution in [2.45, 2.75) is 227 Å². The molecule has 0 spiro atoms. The summed E-state index contributed by atoms with van der Waals surface area (Å²) < 4.78 is 0. The van der Waals surface area contributed by atoms with Gasteiger partial charge in [-0.05, 0) is 152 Å². The molecule has 4 aliphatic rings. The molecule has 0 radical (unpaired) electrons. The second kappa shape index (κ2) is 47.8. The maximum Gasteiger partial charge on any atom is 0.322 e. The van der Waals surface area contributed by atoms with Gasteiger partial charge in [0.05, 0.1) is 25.1 Å².